The first-order chi connectivity index (χ1) is 14.3. The number of ether oxygens (including phenoxy) is 2. The van der Waals surface area contributed by atoms with Crippen molar-refractivity contribution in [2.75, 3.05) is 13.7 Å². The molecule has 7 heteroatoms. The summed E-state index contributed by atoms with van der Waals surface area (Å²) in [6.45, 7) is 5.59. The molecule has 1 aromatic rings. The van der Waals surface area contributed by atoms with Gasteiger partial charge in [0.2, 0.25) is 0 Å². The highest BCUT2D eigenvalue weighted by molar-refractivity contribution is 6.12. The van der Waals surface area contributed by atoms with Crippen molar-refractivity contribution in [2.24, 2.45) is 11.8 Å². The van der Waals surface area contributed by atoms with Crippen LogP contribution in [-0.4, -0.2) is 31.4 Å². The highest BCUT2D eigenvalue weighted by atomic mass is 19.1. The van der Waals surface area contributed by atoms with Crippen molar-refractivity contribution < 1.29 is 28.2 Å². The molecule has 1 heterocycles. The largest absolute Gasteiger partial charge is 0.468 e. The predicted molar refractivity (Wildman–Crippen MR) is 108 cm³/mol. The van der Waals surface area contributed by atoms with Gasteiger partial charge in [0.05, 0.1) is 25.2 Å². The molecule has 1 aliphatic heterocycles. The number of halogens is 1. The van der Waals surface area contributed by atoms with Gasteiger partial charge in [-0.1, -0.05) is 32.0 Å². The molecule has 0 saturated carbocycles. The summed E-state index contributed by atoms with van der Waals surface area (Å²) >= 11 is 0. The van der Waals surface area contributed by atoms with Crippen LogP contribution in [0.4, 0.5) is 4.39 Å². The summed E-state index contributed by atoms with van der Waals surface area (Å²) < 4.78 is 25.0. The molecule has 1 aliphatic carbocycles. The standard InChI is InChI=1S/C23H26FNO5/c1-5-10-30-23(28)18-13(3)25-16-11-12(2)17(22(27)29-4)21(26)20(16)19(18)14-8-6-7-9-15(14)24/h6-9,12,17,19,25H,5,10-11H2,1-4H3/t12-,17+,19-/m0/s1. The molecule has 0 saturated heterocycles. The molecule has 30 heavy (non-hydrogen) atoms. The van der Waals surface area contributed by atoms with E-state index in [4.69, 9.17) is 9.47 Å². The number of esters is 2. The molecule has 0 amide bonds. The fraction of sp³-hybridized carbons (Fsp3) is 0.435. The van der Waals surface area contributed by atoms with Crippen molar-refractivity contribution in [2.45, 2.75) is 39.5 Å². The second-order valence-electron chi connectivity index (χ2n) is 7.69. The van der Waals surface area contributed by atoms with Crippen LogP contribution < -0.4 is 5.32 Å². The maximum absolute atomic E-state index is 14.9. The number of benzene rings is 1. The third-order valence-electron chi connectivity index (χ3n) is 5.62. The summed E-state index contributed by atoms with van der Waals surface area (Å²) in [4.78, 5) is 38.7. The molecular formula is C23H26FNO5. The minimum Gasteiger partial charge on any atom is -0.468 e. The Hall–Kier alpha value is -2.96. The first-order valence-corrected chi connectivity index (χ1v) is 10.1. The molecule has 2 aliphatic rings. The molecule has 1 aromatic carbocycles. The first-order valence-electron chi connectivity index (χ1n) is 10.1. The average Bonchev–Trinajstić information content (AvgIpc) is 2.71. The molecule has 0 radical (unpaired) electrons. The van der Waals surface area contributed by atoms with E-state index in [2.05, 4.69) is 5.32 Å². The van der Waals surface area contributed by atoms with Crippen molar-refractivity contribution in [3.05, 3.63) is 58.2 Å². The highest BCUT2D eigenvalue weighted by Gasteiger charge is 2.47. The Bertz CT molecular complexity index is 949. The highest BCUT2D eigenvalue weighted by Crippen LogP contribution is 2.45. The number of nitrogens with one attached hydrogen (secondary N) is 1. The van der Waals surface area contributed by atoms with E-state index >= 15 is 0 Å². The SMILES string of the molecule is CCCOC(=O)C1=C(C)NC2=C(C(=O)[C@H](C(=O)OC)[C@@H](C)C2)[C@H]1c1ccccc1F. The Balaban J connectivity index is 2.18. The third kappa shape index (κ3) is 3.76. The van der Waals surface area contributed by atoms with Crippen molar-refractivity contribution in [1.82, 2.24) is 5.32 Å². The molecule has 0 unspecified atom stereocenters. The summed E-state index contributed by atoms with van der Waals surface area (Å²) in [6, 6.07) is 6.03. The van der Waals surface area contributed by atoms with Crippen LogP contribution >= 0.6 is 0 Å². The average molecular weight is 415 g/mol. The molecule has 3 rings (SSSR count). The van der Waals surface area contributed by atoms with Gasteiger partial charge in [0, 0.05) is 22.5 Å². The van der Waals surface area contributed by atoms with Crippen LogP contribution in [0.5, 0.6) is 0 Å². The van der Waals surface area contributed by atoms with Crippen LogP contribution in [-0.2, 0) is 23.9 Å². The number of methoxy groups -OCH3 is 1. The van der Waals surface area contributed by atoms with Gasteiger partial charge >= 0.3 is 11.9 Å². The minimum absolute atomic E-state index is 0.179. The molecule has 0 fully saturated rings. The molecule has 6 nitrogen and oxygen atoms in total. The van der Waals surface area contributed by atoms with Gasteiger partial charge in [0.1, 0.15) is 11.7 Å². The van der Waals surface area contributed by atoms with Gasteiger partial charge in [-0.2, -0.15) is 0 Å². The Morgan fingerprint density at radius 1 is 1.27 bits per heavy atom. The Kier molecular flexibility index (Phi) is 6.39. The monoisotopic (exact) mass is 415 g/mol. The van der Waals surface area contributed by atoms with E-state index in [-0.39, 0.29) is 29.2 Å². The maximum atomic E-state index is 14.9. The first kappa shape index (κ1) is 21.7. The minimum atomic E-state index is -1.00. The smallest absolute Gasteiger partial charge is 0.336 e. The molecule has 0 aromatic heterocycles. The normalized spacial score (nSPS) is 23.6. The lowest BCUT2D eigenvalue weighted by Gasteiger charge is -2.38. The molecule has 0 spiro atoms. The van der Waals surface area contributed by atoms with E-state index in [0.29, 0.717) is 24.2 Å². The van der Waals surface area contributed by atoms with E-state index in [1.54, 1.807) is 32.0 Å². The molecule has 1 N–H and O–H groups in total. The maximum Gasteiger partial charge on any atom is 0.336 e. The van der Waals surface area contributed by atoms with E-state index in [1.807, 2.05) is 6.92 Å². The van der Waals surface area contributed by atoms with Gasteiger partial charge in [0.25, 0.3) is 0 Å². The number of rotatable bonds is 5. The van der Waals surface area contributed by atoms with Gasteiger partial charge in [-0.15, -0.1) is 0 Å². The van der Waals surface area contributed by atoms with Crippen LogP contribution in [0.1, 0.15) is 45.1 Å². The van der Waals surface area contributed by atoms with E-state index < -0.39 is 35.4 Å². The lowest BCUT2D eigenvalue weighted by Crippen LogP contribution is -2.43. The fourth-order valence-electron chi connectivity index (χ4n) is 4.24. The van der Waals surface area contributed by atoms with Gasteiger partial charge in [-0.3, -0.25) is 9.59 Å². The number of hydrogen-bond acceptors (Lipinski definition) is 6. The number of ketones is 1. The zero-order chi connectivity index (χ0) is 22.0. The van der Waals surface area contributed by atoms with E-state index in [9.17, 15) is 18.8 Å². The lowest BCUT2D eigenvalue weighted by atomic mass is 9.69. The topological polar surface area (TPSA) is 81.7 Å². The number of allylic oxidation sites excluding steroid dienone is 3. The number of carbonyl (C=O) groups excluding carboxylic acids is 3. The Morgan fingerprint density at radius 2 is 1.97 bits per heavy atom. The molecule has 3 atom stereocenters. The van der Waals surface area contributed by atoms with Crippen LogP contribution in [0.25, 0.3) is 0 Å². The van der Waals surface area contributed by atoms with Crippen LogP contribution in [0, 0.1) is 17.7 Å². The summed E-state index contributed by atoms with van der Waals surface area (Å²) in [7, 11) is 1.23. The molecule has 0 bridgehead atoms. The second-order valence-corrected chi connectivity index (χ2v) is 7.69. The van der Waals surface area contributed by atoms with Gasteiger partial charge in [-0.05, 0) is 31.7 Å². The zero-order valence-electron chi connectivity index (χ0n) is 17.6. The lowest BCUT2D eigenvalue weighted by molar-refractivity contribution is -0.151. The van der Waals surface area contributed by atoms with Crippen molar-refractivity contribution in [1.29, 1.82) is 0 Å². The Morgan fingerprint density at radius 3 is 2.60 bits per heavy atom. The van der Waals surface area contributed by atoms with Crippen LogP contribution in [0.2, 0.25) is 0 Å². The fourth-order valence-corrected chi connectivity index (χ4v) is 4.24. The molecule has 160 valence electrons. The summed E-state index contributed by atoms with van der Waals surface area (Å²) in [5.41, 5.74) is 1.72. The summed E-state index contributed by atoms with van der Waals surface area (Å²) in [6.07, 6.45) is 1.03. The number of hydrogen-bond donors (Lipinski definition) is 1. The van der Waals surface area contributed by atoms with E-state index in [1.165, 1.54) is 13.2 Å². The molecular weight excluding hydrogens is 389 g/mol. The van der Waals surface area contributed by atoms with Crippen LogP contribution in [0.15, 0.2) is 46.8 Å². The van der Waals surface area contributed by atoms with Gasteiger partial charge in [0.15, 0.2) is 5.78 Å². The second kappa shape index (κ2) is 8.81. The van der Waals surface area contributed by atoms with Crippen molar-refractivity contribution in [3.8, 4) is 0 Å². The van der Waals surface area contributed by atoms with Crippen LogP contribution in [0.3, 0.4) is 0 Å². The summed E-state index contributed by atoms with van der Waals surface area (Å²) in [5.74, 6) is -4.49. The number of carbonyl (C=O) groups is 3. The van der Waals surface area contributed by atoms with Crippen molar-refractivity contribution in [3.63, 3.8) is 0 Å². The summed E-state index contributed by atoms with van der Waals surface area (Å²) in [5, 5.41) is 3.15. The predicted octanol–water partition coefficient (Wildman–Crippen LogP) is 3.39. The van der Waals surface area contributed by atoms with Gasteiger partial charge in [-0.25, -0.2) is 9.18 Å². The van der Waals surface area contributed by atoms with E-state index in [0.717, 1.165) is 0 Å². The van der Waals surface area contributed by atoms with Gasteiger partial charge < -0.3 is 14.8 Å². The number of Topliss-reactive ketones (excluding diaryl/α,β-unsaturated/α-hetero) is 1. The Labute approximate surface area is 175 Å². The third-order valence-corrected chi connectivity index (χ3v) is 5.62. The number of dihydropyridines is 1. The zero-order valence-corrected chi connectivity index (χ0v) is 17.6. The quantitative estimate of drug-likeness (QED) is 0.586. The van der Waals surface area contributed by atoms with Crippen molar-refractivity contribution >= 4 is 17.7 Å².